The standard InChI is InChI=1S/C16H30N2S6/c19-9-5-17(6-10-20)15(23)13-3-1-2-4-14(13)16(24)18(7-11-21)8-12-22/h13-14,19-22H,1-12H2. The number of hydrogen-bond donors (Lipinski definition) is 4. The lowest BCUT2D eigenvalue weighted by atomic mass is 9.78. The van der Waals surface area contributed by atoms with Crippen molar-refractivity contribution in [2.45, 2.75) is 25.7 Å². The van der Waals surface area contributed by atoms with E-state index >= 15 is 0 Å². The van der Waals surface area contributed by atoms with E-state index in [1.54, 1.807) is 0 Å². The molecule has 0 aromatic carbocycles. The third-order valence-corrected chi connectivity index (χ3v) is 6.43. The van der Waals surface area contributed by atoms with E-state index in [0.29, 0.717) is 11.8 Å². The molecule has 0 amide bonds. The summed E-state index contributed by atoms with van der Waals surface area (Å²) in [6, 6.07) is 0. The predicted molar refractivity (Wildman–Crippen MR) is 129 cm³/mol. The zero-order valence-corrected chi connectivity index (χ0v) is 19.4. The average molecular weight is 443 g/mol. The molecule has 1 aliphatic rings. The van der Waals surface area contributed by atoms with Gasteiger partial charge in [-0.15, -0.1) is 0 Å². The molecule has 0 radical (unpaired) electrons. The number of rotatable bonds is 10. The van der Waals surface area contributed by atoms with Gasteiger partial charge in [0.1, 0.15) is 0 Å². The molecule has 24 heavy (non-hydrogen) atoms. The summed E-state index contributed by atoms with van der Waals surface area (Å²) in [5.41, 5.74) is 0. The van der Waals surface area contributed by atoms with Crippen LogP contribution >= 0.6 is 75.0 Å². The van der Waals surface area contributed by atoms with Crippen molar-refractivity contribution < 1.29 is 0 Å². The minimum atomic E-state index is 0.364. The van der Waals surface area contributed by atoms with Crippen LogP contribution in [0.2, 0.25) is 0 Å². The Labute approximate surface area is 180 Å². The van der Waals surface area contributed by atoms with Gasteiger partial charge in [0.25, 0.3) is 0 Å². The minimum absolute atomic E-state index is 0.364. The normalized spacial score (nSPS) is 20.7. The summed E-state index contributed by atoms with van der Waals surface area (Å²) < 4.78 is 0. The molecule has 1 saturated carbocycles. The van der Waals surface area contributed by atoms with E-state index in [1.165, 1.54) is 12.8 Å². The van der Waals surface area contributed by atoms with Crippen LogP contribution < -0.4 is 0 Å². The average Bonchev–Trinajstić information content (AvgIpc) is 2.60. The maximum Gasteiger partial charge on any atom is 0.0818 e. The van der Waals surface area contributed by atoms with E-state index in [2.05, 4.69) is 60.3 Å². The molecule has 0 aliphatic heterocycles. The Balaban J connectivity index is 2.89. The Hall–Kier alpha value is 1.18. The third kappa shape index (κ3) is 7.06. The lowest BCUT2D eigenvalue weighted by molar-refractivity contribution is 0.319. The molecule has 0 aromatic rings. The van der Waals surface area contributed by atoms with Gasteiger partial charge in [0.2, 0.25) is 0 Å². The highest BCUT2D eigenvalue weighted by Crippen LogP contribution is 2.34. The summed E-state index contributed by atoms with van der Waals surface area (Å²) in [7, 11) is 0. The van der Waals surface area contributed by atoms with Crippen LogP contribution in [-0.2, 0) is 0 Å². The van der Waals surface area contributed by atoms with E-state index in [-0.39, 0.29) is 0 Å². The summed E-state index contributed by atoms with van der Waals surface area (Å²) in [5, 5.41) is 0. The molecule has 1 rings (SSSR count). The van der Waals surface area contributed by atoms with Crippen LogP contribution in [0.1, 0.15) is 25.7 Å². The van der Waals surface area contributed by atoms with Crippen LogP contribution in [0.4, 0.5) is 0 Å². The summed E-state index contributed by atoms with van der Waals surface area (Å²) in [6.45, 7) is 3.54. The van der Waals surface area contributed by atoms with Crippen molar-refractivity contribution in [1.29, 1.82) is 0 Å². The SMILES string of the molecule is S=C(C1CCCCC1C(=S)N(CCS)CCS)N(CCS)CCS. The lowest BCUT2D eigenvalue weighted by Crippen LogP contribution is -2.47. The van der Waals surface area contributed by atoms with E-state index in [4.69, 9.17) is 24.4 Å². The smallest absolute Gasteiger partial charge is 0.0818 e. The Kier molecular flexibility index (Phi) is 12.9. The van der Waals surface area contributed by atoms with Crippen molar-refractivity contribution >= 4 is 84.9 Å². The van der Waals surface area contributed by atoms with Crippen LogP contribution in [0.25, 0.3) is 0 Å². The molecule has 0 aromatic heterocycles. The van der Waals surface area contributed by atoms with Crippen molar-refractivity contribution in [1.82, 2.24) is 9.80 Å². The van der Waals surface area contributed by atoms with Gasteiger partial charge in [-0.2, -0.15) is 50.5 Å². The van der Waals surface area contributed by atoms with Crippen molar-refractivity contribution in [3.63, 3.8) is 0 Å². The number of thiol groups is 4. The largest absolute Gasteiger partial charge is 0.364 e. The lowest BCUT2D eigenvalue weighted by Gasteiger charge is -2.40. The molecule has 0 heterocycles. The minimum Gasteiger partial charge on any atom is -0.364 e. The Morgan fingerprint density at radius 3 is 1.21 bits per heavy atom. The molecule has 1 aliphatic carbocycles. The van der Waals surface area contributed by atoms with Gasteiger partial charge in [-0.25, -0.2) is 0 Å². The number of nitrogens with zero attached hydrogens (tertiary/aromatic N) is 2. The summed E-state index contributed by atoms with van der Waals surface area (Å²) >= 11 is 29.3. The molecular weight excluding hydrogens is 413 g/mol. The monoisotopic (exact) mass is 442 g/mol. The predicted octanol–water partition coefficient (Wildman–Crippen LogP) is 3.77. The molecule has 0 spiro atoms. The van der Waals surface area contributed by atoms with Crippen LogP contribution in [0.5, 0.6) is 0 Å². The van der Waals surface area contributed by atoms with E-state index in [0.717, 1.165) is 72.0 Å². The Morgan fingerprint density at radius 1 is 0.667 bits per heavy atom. The molecule has 1 fully saturated rings. The summed E-state index contributed by atoms with van der Waals surface area (Å²) in [6.07, 6.45) is 4.74. The zero-order valence-electron chi connectivity index (χ0n) is 14.1. The molecule has 2 unspecified atom stereocenters. The number of hydrogen-bond acceptors (Lipinski definition) is 6. The first-order valence-corrected chi connectivity index (χ1v) is 12.0. The van der Waals surface area contributed by atoms with Crippen LogP contribution in [0.3, 0.4) is 0 Å². The molecule has 0 N–H and O–H groups in total. The second-order valence-electron chi connectivity index (χ2n) is 6.04. The zero-order chi connectivity index (χ0) is 17.9. The molecule has 8 heteroatoms. The molecular formula is C16H30N2S6. The van der Waals surface area contributed by atoms with Gasteiger partial charge in [0.15, 0.2) is 0 Å². The first kappa shape index (κ1) is 23.2. The Morgan fingerprint density at radius 2 is 0.958 bits per heavy atom. The van der Waals surface area contributed by atoms with Crippen molar-refractivity contribution in [2.24, 2.45) is 11.8 Å². The summed E-state index contributed by atoms with van der Waals surface area (Å²) in [5.74, 6) is 3.96. The van der Waals surface area contributed by atoms with E-state index < -0.39 is 0 Å². The quantitative estimate of drug-likeness (QED) is 0.302. The highest BCUT2D eigenvalue weighted by Gasteiger charge is 2.34. The van der Waals surface area contributed by atoms with Crippen molar-refractivity contribution in [2.75, 3.05) is 49.2 Å². The highest BCUT2D eigenvalue weighted by atomic mass is 32.1. The first-order valence-electron chi connectivity index (χ1n) is 8.61. The molecule has 2 nitrogen and oxygen atoms in total. The van der Waals surface area contributed by atoms with Crippen LogP contribution in [0.15, 0.2) is 0 Å². The fraction of sp³-hybridized carbons (Fsp3) is 0.875. The van der Waals surface area contributed by atoms with Gasteiger partial charge >= 0.3 is 0 Å². The van der Waals surface area contributed by atoms with Crippen molar-refractivity contribution in [3.8, 4) is 0 Å². The fourth-order valence-corrected chi connectivity index (χ4v) is 5.23. The van der Waals surface area contributed by atoms with Gasteiger partial charge in [0.05, 0.1) is 9.98 Å². The second kappa shape index (κ2) is 13.4. The van der Waals surface area contributed by atoms with Gasteiger partial charge in [-0.1, -0.05) is 37.3 Å². The van der Waals surface area contributed by atoms with E-state index in [9.17, 15) is 0 Å². The maximum absolute atomic E-state index is 5.89. The fourth-order valence-electron chi connectivity index (χ4n) is 3.34. The number of thiocarbonyl (C=S) groups is 2. The Bertz CT molecular complexity index is 345. The van der Waals surface area contributed by atoms with E-state index in [1.807, 2.05) is 0 Å². The molecule has 140 valence electrons. The molecule has 0 bridgehead atoms. The van der Waals surface area contributed by atoms with Gasteiger partial charge < -0.3 is 9.80 Å². The molecule has 2 atom stereocenters. The van der Waals surface area contributed by atoms with Gasteiger partial charge in [-0.3, -0.25) is 0 Å². The maximum atomic E-state index is 5.89. The third-order valence-electron chi connectivity index (χ3n) is 4.50. The van der Waals surface area contributed by atoms with Crippen molar-refractivity contribution in [3.05, 3.63) is 0 Å². The first-order chi connectivity index (χ1) is 11.6. The second-order valence-corrected chi connectivity index (χ2v) is 8.67. The molecule has 0 saturated heterocycles. The van der Waals surface area contributed by atoms with Gasteiger partial charge in [0, 0.05) is 61.0 Å². The van der Waals surface area contributed by atoms with Crippen LogP contribution in [-0.4, -0.2) is 69.0 Å². The highest BCUT2D eigenvalue weighted by molar-refractivity contribution is 7.81. The van der Waals surface area contributed by atoms with Crippen LogP contribution in [0, 0.1) is 11.8 Å². The summed E-state index contributed by atoms with van der Waals surface area (Å²) in [4.78, 5) is 6.68. The topological polar surface area (TPSA) is 6.48 Å². The van der Waals surface area contributed by atoms with Gasteiger partial charge in [-0.05, 0) is 12.8 Å².